The fraction of sp³-hybridized carbons (Fsp3) is 0.333. The first kappa shape index (κ1) is 14.2. The molecule has 0 spiro atoms. The Morgan fingerprint density at radius 3 is 3.09 bits per heavy atom. The van der Waals surface area contributed by atoms with Crippen molar-refractivity contribution < 1.29 is 9.59 Å². The molecule has 1 aromatic carbocycles. The fourth-order valence-corrected chi connectivity index (χ4v) is 2.56. The largest absolute Gasteiger partial charge is 0.344 e. The van der Waals surface area contributed by atoms with Crippen molar-refractivity contribution in [3.05, 3.63) is 36.2 Å². The molecular weight excluding hydrogens is 282 g/mol. The number of benzene rings is 1. The van der Waals surface area contributed by atoms with Crippen LogP contribution in [0.3, 0.4) is 0 Å². The number of amides is 2. The average molecular weight is 299 g/mol. The third-order valence-corrected chi connectivity index (χ3v) is 3.78. The van der Waals surface area contributed by atoms with Crippen LogP contribution in [0.25, 0.3) is 11.4 Å². The first-order chi connectivity index (χ1) is 10.6. The second-order valence-electron chi connectivity index (χ2n) is 5.34. The Labute approximate surface area is 127 Å². The van der Waals surface area contributed by atoms with Gasteiger partial charge in [-0.25, -0.2) is 4.98 Å². The summed E-state index contributed by atoms with van der Waals surface area (Å²) in [6.45, 7) is 0.742. The van der Waals surface area contributed by atoms with Gasteiger partial charge in [0.2, 0.25) is 5.91 Å². The molecule has 2 heterocycles. The highest BCUT2D eigenvalue weighted by Gasteiger charge is 2.27. The number of aromatic nitrogens is 3. The molecule has 114 valence electrons. The predicted molar refractivity (Wildman–Crippen MR) is 79.9 cm³/mol. The van der Waals surface area contributed by atoms with E-state index in [1.54, 1.807) is 30.1 Å². The van der Waals surface area contributed by atoms with Crippen LogP contribution in [0.15, 0.2) is 30.6 Å². The summed E-state index contributed by atoms with van der Waals surface area (Å²) in [7, 11) is 1.76. The van der Waals surface area contributed by atoms with Gasteiger partial charge < -0.3 is 10.2 Å². The van der Waals surface area contributed by atoms with Crippen molar-refractivity contribution in [3.63, 3.8) is 0 Å². The molecule has 1 aromatic heterocycles. The van der Waals surface area contributed by atoms with Crippen molar-refractivity contribution in [1.82, 2.24) is 25.4 Å². The Morgan fingerprint density at radius 1 is 1.45 bits per heavy atom. The molecule has 1 aliphatic heterocycles. The van der Waals surface area contributed by atoms with E-state index in [1.165, 1.54) is 6.33 Å². The minimum Gasteiger partial charge on any atom is -0.344 e. The van der Waals surface area contributed by atoms with Crippen molar-refractivity contribution in [3.8, 4) is 11.4 Å². The Kier molecular flexibility index (Phi) is 3.86. The molecule has 3 rings (SSSR count). The van der Waals surface area contributed by atoms with Crippen LogP contribution >= 0.6 is 0 Å². The lowest BCUT2D eigenvalue weighted by molar-refractivity contribution is -0.134. The van der Waals surface area contributed by atoms with E-state index in [2.05, 4.69) is 20.5 Å². The Balaban J connectivity index is 1.75. The smallest absolute Gasteiger partial charge is 0.251 e. The van der Waals surface area contributed by atoms with Gasteiger partial charge in [0.15, 0.2) is 5.82 Å². The van der Waals surface area contributed by atoms with Crippen molar-refractivity contribution >= 4 is 11.8 Å². The Hall–Kier alpha value is -2.70. The summed E-state index contributed by atoms with van der Waals surface area (Å²) in [5.41, 5.74) is 1.27. The maximum atomic E-state index is 12.4. The summed E-state index contributed by atoms with van der Waals surface area (Å²) >= 11 is 0. The highest BCUT2D eigenvalue weighted by molar-refractivity contribution is 5.98. The summed E-state index contributed by atoms with van der Waals surface area (Å²) in [6, 6.07) is 6.62. The number of rotatable bonds is 3. The van der Waals surface area contributed by atoms with Crippen molar-refractivity contribution in [1.29, 1.82) is 0 Å². The molecule has 22 heavy (non-hydrogen) atoms. The number of carbonyl (C=O) groups is 2. The first-order valence-corrected chi connectivity index (χ1v) is 7.17. The van der Waals surface area contributed by atoms with E-state index in [4.69, 9.17) is 0 Å². The molecule has 1 saturated heterocycles. The molecule has 1 unspecified atom stereocenters. The van der Waals surface area contributed by atoms with Crippen LogP contribution in [0.2, 0.25) is 0 Å². The van der Waals surface area contributed by atoms with E-state index < -0.39 is 6.04 Å². The molecule has 2 amide bonds. The molecule has 2 aromatic rings. The maximum absolute atomic E-state index is 12.4. The maximum Gasteiger partial charge on any atom is 0.251 e. The summed E-state index contributed by atoms with van der Waals surface area (Å²) in [5, 5.41) is 9.37. The van der Waals surface area contributed by atoms with Gasteiger partial charge in [-0.3, -0.25) is 14.7 Å². The topological polar surface area (TPSA) is 91.0 Å². The Bertz CT molecular complexity index is 683. The van der Waals surface area contributed by atoms with Gasteiger partial charge in [-0.05, 0) is 25.0 Å². The lowest BCUT2D eigenvalue weighted by Crippen LogP contribution is -2.50. The molecule has 2 N–H and O–H groups in total. The minimum atomic E-state index is -0.444. The molecule has 0 saturated carbocycles. The normalized spacial score (nSPS) is 18.3. The van der Waals surface area contributed by atoms with Crippen molar-refractivity contribution in [2.75, 3.05) is 13.6 Å². The number of piperidine rings is 1. The van der Waals surface area contributed by atoms with E-state index in [9.17, 15) is 9.59 Å². The molecule has 1 atom stereocenters. The average Bonchev–Trinajstić information content (AvgIpc) is 3.06. The second kappa shape index (κ2) is 5.97. The highest BCUT2D eigenvalue weighted by Crippen LogP contribution is 2.16. The fourth-order valence-electron chi connectivity index (χ4n) is 2.56. The molecular formula is C15H17N5O2. The minimum absolute atomic E-state index is 0.0361. The van der Waals surface area contributed by atoms with Gasteiger partial charge in [0, 0.05) is 24.7 Å². The van der Waals surface area contributed by atoms with E-state index in [0.717, 1.165) is 18.5 Å². The zero-order valence-corrected chi connectivity index (χ0v) is 12.2. The zero-order chi connectivity index (χ0) is 15.5. The molecule has 1 fully saturated rings. The van der Waals surface area contributed by atoms with Gasteiger partial charge in [0.25, 0.3) is 5.91 Å². The van der Waals surface area contributed by atoms with Crippen LogP contribution in [0.5, 0.6) is 0 Å². The number of carbonyl (C=O) groups excluding carboxylic acids is 2. The van der Waals surface area contributed by atoms with Gasteiger partial charge in [0.1, 0.15) is 12.4 Å². The monoisotopic (exact) mass is 299 g/mol. The molecule has 7 nitrogen and oxygen atoms in total. The van der Waals surface area contributed by atoms with E-state index in [1.807, 2.05) is 6.07 Å². The van der Waals surface area contributed by atoms with Gasteiger partial charge in [-0.2, -0.15) is 5.10 Å². The van der Waals surface area contributed by atoms with Gasteiger partial charge in [-0.15, -0.1) is 0 Å². The van der Waals surface area contributed by atoms with E-state index in [0.29, 0.717) is 17.8 Å². The molecule has 1 aliphatic rings. The summed E-state index contributed by atoms with van der Waals surface area (Å²) in [4.78, 5) is 30.1. The second-order valence-corrected chi connectivity index (χ2v) is 5.34. The van der Waals surface area contributed by atoms with E-state index >= 15 is 0 Å². The quantitative estimate of drug-likeness (QED) is 0.878. The van der Waals surface area contributed by atoms with Crippen molar-refractivity contribution in [2.45, 2.75) is 18.9 Å². The third-order valence-electron chi connectivity index (χ3n) is 3.78. The summed E-state index contributed by atoms with van der Waals surface area (Å²) in [5.74, 6) is 0.309. The molecule has 0 aliphatic carbocycles. The third kappa shape index (κ3) is 2.83. The van der Waals surface area contributed by atoms with Crippen LogP contribution in [0, 0.1) is 0 Å². The number of H-pyrrole nitrogens is 1. The molecule has 7 heteroatoms. The zero-order valence-electron chi connectivity index (χ0n) is 12.2. The lowest BCUT2D eigenvalue weighted by Gasteiger charge is -2.29. The van der Waals surface area contributed by atoms with Gasteiger partial charge >= 0.3 is 0 Å². The number of hydrogen-bond donors (Lipinski definition) is 2. The molecule has 0 radical (unpaired) electrons. The standard InChI is InChI=1S/C15H17N5O2/c1-20-7-3-6-12(15(20)22)18-14(21)11-5-2-4-10(8-11)13-16-9-17-19-13/h2,4-5,8-9,12H,3,6-7H2,1H3,(H,18,21)(H,16,17,19). The van der Waals surface area contributed by atoms with Crippen LogP contribution in [-0.4, -0.2) is 51.5 Å². The summed E-state index contributed by atoms with van der Waals surface area (Å²) < 4.78 is 0. The van der Waals surface area contributed by atoms with Gasteiger partial charge in [-0.1, -0.05) is 12.1 Å². The lowest BCUT2D eigenvalue weighted by atomic mass is 10.0. The first-order valence-electron chi connectivity index (χ1n) is 7.17. The van der Waals surface area contributed by atoms with Crippen LogP contribution in [0.1, 0.15) is 23.2 Å². The molecule has 0 bridgehead atoms. The SMILES string of the molecule is CN1CCCC(NC(=O)c2cccc(-c3ncn[nH]3)c2)C1=O. The van der Waals surface area contributed by atoms with Crippen molar-refractivity contribution in [2.24, 2.45) is 0 Å². The predicted octanol–water partition coefficient (Wildman–Crippen LogP) is 0.822. The number of nitrogens with zero attached hydrogens (tertiary/aromatic N) is 3. The van der Waals surface area contributed by atoms with Crippen LogP contribution in [-0.2, 0) is 4.79 Å². The van der Waals surface area contributed by atoms with E-state index in [-0.39, 0.29) is 11.8 Å². The van der Waals surface area contributed by atoms with Crippen LogP contribution in [0.4, 0.5) is 0 Å². The van der Waals surface area contributed by atoms with Crippen LogP contribution < -0.4 is 5.32 Å². The number of nitrogens with one attached hydrogen (secondary N) is 2. The number of aromatic amines is 1. The Morgan fingerprint density at radius 2 is 2.32 bits per heavy atom. The van der Waals surface area contributed by atoms with Gasteiger partial charge in [0.05, 0.1) is 0 Å². The highest BCUT2D eigenvalue weighted by atomic mass is 16.2. The number of likely N-dealkylation sites (tertiary alicyclic amines) is 1. The summed E-state index contributed by atoms with van der Waals surface area (Å²) in [6.07, 6.45) is 2.99. The number of hydrogen-bond acceptors (Lipinski definition) is 4. The number of likely N-dealkylation sites (N-methyl/N-ethyl adjacent to an activating group) is 1.